The van der Waals surface area contributed by atoms with Crippen LogP contribution in [0.1, 0.15) is 19.4 Å². The third-order valence-corrected chi connectivity index (χ3v) is 3.85. The fraction of sp³-hybridized carbons (Fsp3) is 0.412. The van der Waals surface area contributed by atoms with Gasteiger partial charge >= 0.3 is 6.03 Å². The number of morpholine rings is 1. The molecule has 6 heteroatoms. The zero-order valence-corrected chi connectivity index (χ0v) is 13.7. The smallest absolute Gasteiger partial charge is 0.323 e. The van der Waals surface area contributed by atoms with Crippen LogP contribution in [0.2, 0.25) is 0 Å². The van der Waals surface area contributed by atoms with Crippen molar-refractivity contribution >= 4 is 11.8 Å². The number of nitrogens with one attached hydrogen (secondary N) is 1. The normalized spacial score (nSPS) is 21.3. The Morgan fingerprint density at radius 2 is 1.87 bits per heavy atom. The van der Waals surface area contributed by atoms with Crippen molar-refractivity contribution in [1.29, 1.82) is 0 Å². The van der Waals surface area contributed by atoms with Gasteiger partial charge in [0.1, 0.15) is 0 Å². The third kappa shape index (κ3) is 3.53. The minimum atomic E-state index is -0.131. The van der Waals surface area contributed by atoms with Crippen molar-refractivity contribution in [3.05, 3.63) is 42.1 Å². The first-order valence-corrected chi connectivity index (χ1v) is 7.86. The molecule has 0 radical (unpaired) electrons. The first kappa shape index (κ1) is 15.6. The summed E-state index contributed by atoms with van der Waals surface area (Å²) in [6, 6.07) is 9.70. The van der Waals surface area contributed by atoms with Gasteiger partial charge in [-0.3, -0.25) is 5.32 Å². The van der Waals surface area contributed by atoms with Crippen LogP contribution < -0.4 is 5.32 Å². The molecule has 0 spiro atoms. The largest absolute Gasteiger partial charge is 0.372 e. The van der Waals surface area contributed by atoms with Crippen LogP contribution in [-0.2, 0) is 4.74 Å². The first-order chi connectivity index (χ1) is 11.0. The predicted molar refractivity (Wildman–Crippen MR) is 88.9 cm³/mol. The number of hydrogen-bond acceptors (Lipinski definition) is 3. The number of aryl methyl sites for hydroxylation is 1. The van der Waals surface area contributed by atoms with E-state index in [4.69, 9.17) is 4.74 Å². The first-order valence-electron chi connectivity index (χ1n) is 7.86. The van der Waals surface area contributed by atoms with E-state index in [1.54, 1.807) is 9.58 Å². The summed E-state index contributed by atoms with van der Waals surface area (Å²) in [5.41, 5.74) is 1.89. The van der Waals surface area contributed by atoms with Gasteiger partial charge in [0.2, 0.25) is 0 Å². The van der Waals surface area contributed by atoms with Gasteiger partial charge in [0.25, 0.3) is 0 Å². The van der Waals surface area contributed by atoms with Crippen molar-refractivity contribution in [2.75, 3.05) is 18.4 Å². The summed E-state index contributed by atoms with van der Waals surface area (Å²) in [4.78, 5) is 14.2. The molecular weight excluding hydrogens is 292 g/mol. The fourth-order valence-corrected chi connectivity index (χ4v) is 2.82. The van der Waals surface area contributed by atoms with Crippen molar-refractivity contribution < 1.29 is 9.53 Å². The van der Waals surface area contributed by atoms with Crippen molar-refractivity contribution in [2.24, 2.45) is 0 Å². The van der Waals surface area contributed by atoms with E-state index in [-0.39, 0.29) is 18.2 Å². The lowest BCUT2D eigenvalue weighted by Gasteiger charge is -2.35. The number of urea groups is 1. The zero-order valence-electron chi connectivity index (χ0n) is 13.7. The second-order valence-corrected chi connectivity index (χ2v) is 6.03. The second-order valence-electron chi connectivity index (χ2n) is 6.03. The molecule has 6 nitrogen and oxygen atoms in total. The molecule has 1 aromatic heterocycles. The minimum absolute atomic E-state index is 0.0486. The number of hydrogen-bond donors (Lipinski definition) is 1. The number of anilines is 1. The molecule has 0 aliphatic carbocycles. The summed E-state index contributed by atoms with van der Waals surface area (Å²) >= 11 is 0. The predicted octanol–water partition coefficient (Wildman–Crippen LogP) is 2.82. The zero-order chi connectivity index (χ0) is 16.4. The number of aromatic nitrogens is 2. The highest BCUT2D eigenvalue weighted by molar-refractivity contribution is 5.89. The summed E-state index contributed by atoms with van der Waals surface area (Å²) < 4.78 is 7.43. The lowest BCUT2D eigenvalue weighted by molar-refractivity contribution is -0.0530. The number of benzene rings is 1. The summed E-state index contributed by atoms with van der Waals surface area (Å²) in [5.74, 6) is 0.589. The van der Waals surface area contributed by atoms with Crippen LogP contribution in [0, 0.1) is 6.92 Å². The van der Waals surface area contributed by atoms with Crippen LogP contribution >= 0.6 is 0 Å². The lowest BCUT2D eigenvalue weighted by atomic mass is 10.2. The number of amides is 2. The molecule has 1 saturated heterocycles. The Bertz CT molecular complexity index is 673. The Labute approximate surface area is 136 Å². The van der Waals surface area contributed by atoms with Crippen molar-refractivity contribution in [2.45, 2.75) is 33.0 Å². The molecule has 2 amide bonds. The molecule has 1 N–H and O–H groups in total. The van der Waals surface area contributed by atoms with Gasteiger partial charge in [0.15, 0.2) is 5.82 Å². The minimum Gasteiger partial charge on any atom is -0.372 e. The molecule has 0 unspecified atom stereocenters. The van der Waals surface area contributed by atoms with E-state index in [1.165, 1.54) is 0 Å². The highest BCUT2D eigenvalue weighted by Gasteiger charge is 2.26. The lowest BCUT2D eigenvalue weighted by Crippen LogP contribution is -2.49. The van der Waals surface area contributed by atoms with Gasteiger partial charge in [-0.05, 0) is 32.9 Å². The quantitative estimate of drug-likeness (QED) is 0.927. The second kappa shape index (κ2) is 6.42. The van der Waals surface area contributed by atoms with Gasteiger partial charge in [0.05, 0.1) is 17.9 Å². The Hall–Kier alpha value is -2.34. The summed E-state index contributed by atoms with van der Waals surface area (Å²) in [7, 11) is 0. The van der Waals surface area contributed by atoms with Crippen LogP contribution in [0.3, 0.4) is 0 Å². The van der Waals surface area contributed by atoms with E-state index in [2.05, 4.69) is 10.4 Å². The van der Waals surface area contributed by atoms with Crippen LogP contribution in [-0.4, -0.2) is 46.0 Å². The topological polar surface area (TPSA) is 59.4 Å². The average molecular weight is 314 g/mol. The molecule has 2 heterocycles. The van der Waals surface area contributed by atoms with Crippen LogP contribution in [0.4, 0.5) is 10.6 Å². The SMILES string of the molecule is Cc1cn(-c2ccccc2)nc1NC(=O)N1C[C@@H](C)O[C@@H](C)C1. The van der Waals surface area contributed by atoms with Crippen molar-refractivity contribution in [3.63, 3.8) is 0 Å². The molecule has 2 aromatic rings. The van der Waals surface area contributed by atoms with Gasteiger partial charge in [-0.1, -0.05) is 18.2 Å². The molecule has 2 atom stereocenters. The monoisotopic (exact) mass is 314 g/mol. The molecule has 122 valence electrons. The van der Waals surface area contributed by atoms with E-state index in [0.717, 1.165) is 11.3 Å². The standard InChI is InChI=1S/C17H22N4O2/c1-12-9-21(15-7-5-4-6-8-15)19-16(12)18-17(22)20-10-13(2)23-14(3)11-20/h4-9,13-14H,10-11H2,1-3H3,(H,18,19,22)/t13-,14+. The summed E-state index contributed by atoms with van der Waals surface area (Å²) in [6.07, 6.45) is 2.01. The van der Waals surface area contributed by atoms with Gasteiger partial charge in [-0.15, -0.1) is 5.10 Å². The molecule has 23 heavy (non-hydrogen) atoms. The average Bonchev–Trinajstić information content (AvgIpc) is 2.88. The Morgan fingerprint density at radius 3 is 2.52 bits per heavy atom. The van der Waals surface area contributed by atoms with Crippen LogP contribution in [0.15, 0.2) is 36.5 Å². The van der Waals surface area contributed by atoms with E-state index < -0.39 is 0 Å². The third-order valence-electron chi connectivity index (χ3n) is 3.85. The molecule has 0 bridgehead atoms. The highest BCUT2D eigenvalue weighted by atomic mass is 16.5. The molecule has 1 aromatic carbocycles. The maximum absolute atomic E-state index is 12.5. The van der Waals surface area contributed by atoms with Crippen LogP contribution in [0.5, 0.6) is 0 Å². The summed E-state index contributed by atoms with van der Waals surface area (Å²) in [6.45, 7) is 7.08. The van der Waals surface area contributed by atoms with E-state index in [1.807, 2.05) is 57.3 Å². The van der Waals surface area contributed by atoms with Crippen molar-refractivity contribution in [1.82, 2.24) is 14.7 Å². The Kier molecular flexibility index (Phi) is 4.34. The maximum Gasteiger partial charge on any atom is 0.323 e. The molecule has 0 saturated carbocycles. The number of carbonyl (C=O) groups excluding carboxylic acids is 1. The van der Waals surface area contributed by atoms with E-state index >= 15 is 0 Å². The van der Waals surface area contributed by atoms with E-state index in [0.29, 0.717) is 18.9 Å². The number of rotatable bonds is 2. The molecule has 1 aliphatic heterocycles. The molecule has 1 aliphatic rings. The number of para-hydroxylation sites is 1. The number of carbonyl (C=O) groups is 1. The number of ether oxygens (including phenoxy) is 1. The van der Waals surface area contributed by atoms with Gasteiger partial charge in [-0.25, -0.2) is 9.48 Å². The molecule has 1 fully saturated rings. The Morgan fingerprint density at radius 1 is 1.22 bits per heavy atom. The highest BCUT2D eigenvalue weighted by Crippen LogP contribution is 2.17. The Balaban J connectivity index is 1.73. The molecule has 3 rings (SSSR count). The van der Waals surface area contributed by atoms with Gasteiger partial charge < -0.3 is 9.64 Å². The molecular formula is C17H22N4O2. The van der Waals surface area contributed by atoms with Gasteiger partial charge in [-0.2, -0.15) is 0 Å². The van der Waals surface area contributed by atoms with Crippen molar-refractivity contribution in [3.8, 4) is 5.69 Å². The summed E-state index contributed by atoms with van der Waals surface area (Å²) in [5, 5.41) is 7.39. The van der Waals surface area contributed by atoms with Crippen LogP contribution in [0.25, 0.3) is 5.69 Å². The maximum atomic E-state index is 12.5. The van der Waals surface area contributed by atoms with Gasteiger partial charge in [0, 0.05) is 24.8 Å². The fourth-order valence-electron chi connectivity index (χ4n) is 2.82. The van der Waals surface area contributed by atoms with E-state index in [9.17, 15) is 4.79 Å². The number of nitrogens with zero attached hydrogens (tertiary/aromatic N) is 3.